The third-order valence-electron chi connectivity index (χ3n) is 3.18. The van der Waals surface area contributed by atoms with Crippen molar-refractivity contribution in [2.75, 3.05) is 27.2 Å². The van der Waals surface area contributed by atoms with Gasteiger partial charge >= 0.3 is 0 Å². The number of nitrogens with zero attached hydrogens (tertiary/aromatic N) is 1. The molecule has 2 N–H and O–H groups in total. The molecule has 70 valence electrons. The molecule has 0 aromatic carbocycles. The van der Waals surface area contributed by atoms with Gasteiger partial charge in [-0.1, -0.05) is 0 Å². The molecule has 4 heteroatoms. The van der Waals surface area contributed by atoms with Crippen LogP contribution in [0, 0.1) is 0 Å². The standard InChI is InChI=1S/C8H16N2O2/c1-10(2)5-3-4-8(10,6-9)7(11)12/h3-6,9H2,1-2H3/t8-/m1/s1. The summed E-state index contributed by atoms with van der Waals surface area (Å²) in [4.78, 5) is 11.0. The van der Waals surface area contributed by atoms with Crippen LogP contribution in [0.3, 0.4) is 0 Å². The number of carboxylic acids is 1. The zero-order valence-corrected chi connectivity index (χ0v) is 7.67. The minimum Gasteiger partial charge on any atom is -0.544 e. The summed E-state index contributed by atoms with van der Waals surface area (Å²) in [5.41, 5.74) is 4.66. The molecule has 0 saturated carbocycles. The Morgan fingerprint density at radius 1 is 1.67 bits per heavy atom. The third kappa shape index (κ3) is 1.03. The predicted molar refractivity (Wildman–Crippen MR) is 43.0 cm³/mol. The molecular weight excluding hydrogens is 156 g/mol. The van der Waals surface area contributed by atoms with Crippen molar-refractivity contribution >= 4 is 5.97 Å². The number of likely N-dealkylation sites (tertiary alicyclic amines) is 1. The number of nitrogens with two attached hydrogens (primary N) is 1. The summed E-state index contributed by atoms with van der Waals surface area (Å²) in [5, 5.41) is 11.0. The maximum atomic E-state index is 11.0. The molecule has 0 radical (unpaired) electrons. The minimum absolute atomic E-state index is 0.169. The van der Waals surface area contributed by atoms with E-state index >= 15 is 0 Å². The third-order valence-corrected chi connectivity index (χ3v) is 3.18. The van der Waals surface area contributed by atoms with Crippen molar-refractivity contribution in [3.63, 3.8) is 0 Å². The maximum Gasteiger partial charge on any atom is 0.151 e. The zero-order chi connectivity index (χ0) is 9.41. The molecule has 1 aliphatic rings. The van der Waals surface area contributed by atoms with Crippen LogP contribution < -0.4 is 10.8 Å². The lowest BCUT2D eigenvalue weighted by Gasteiger charge is -2.43. The van der Waals surface area contributed by atoms with Gasteiger partial charge in [0.1, 0.15) is 5.97 Å². The van der Waals surface area contributed by atoms with E-state index in [1.165, 1.54) is 0 Å². The number of hydrogen-bond acceptors (Lipinski definition) is 3. The van der Waals surface area contributed by atoms with Crippen molar-refractivity contribution in [3.8, 4) is 0 Å². The fourth-order valence-corrected chi connectivity index (χ4v) is 2.07. The fourth-order valence-electron chi connectivity index (χ4n) is 2.07. The first-order chi connectivity index (χ1) is 5.46. The van der Waals surface area contributed by atoms with Gasteiger partial charge in [-0.2, -0.15) is 0 Å². The van der Waals surface area contributed by atoms with Gasteiger partial charge < -0.3 is 20.1 Å². The highest BCUT2D eigenvalue weighted by atomic mass is 16.4. The SMILES string of the molecule is C[N+]1(C)CCC[C@@]1(CN)C(=O)[O-]. The van der Waals surface area contributed by atoms with Gasteiger partial charge in [-0.25, -0.2) is 0 Å². The van der Waals surface area contributed by atoms with Crippen molar-refractivity contribution in [2.45, 2.75) is 18.4 Å². The molecule has 0 aromatic heterocycles. The monoisotopic (exact) mass is 172 g/mol. The second-order valence-electron chi connectivity index (χ2n) is 4.04. The van der Waals surface area contributed by atoms with Crippen molar-refractivity contribution in [3.05, 3.63) is 0 Å². The Balaban J connectivity index is 3.00. The number of carboxylic acid groups (broad SMARTS) is 1. The smallest absolute Gasteiger partial charge is 0.151 e. The molecule has 0 spiro atoms. The van der Waals surface area contributed by atoms with Crippen LogP contribution in [-0.4, -0.2) is 43.2 Å². The summed E-state index contributed by atoms with van der Waals surface area (Å²) < 4.78 is 0.450. The second-order valence-corrected chi connectivity index (χ2v) is 4.04. The van der Waals surface area contributed by atoms with Crippen molar-refractivity contribution in [1.82, 2.24) is 0 Å². The number of rotatable bonds is 2. The average Bonchev–Trinajstić information content (AvgIpc) is 2.25. The first-order valence-electron chi connectivity index (χ1n) is 4.21. The van der Waals surface area contributed by atoms with E-state index in [4.69, 9.17) is 5.73 Å². The highest BCUT2D eigenvalue weighted by Gasteiger charge is 2.50. The highest BCUT2D eigenvalue weighted by Crippen LogP contribution is 2.32. The molecule has 0 aromatic rings. The lowest BCUT2D eigenvalue weighted by Crippen LogP contribution is -2.67. The van der Waals surface area contributed by atoms with Crippen molar-refractivity contribution in [1.29, 1.82) is 0 Å². The first kappa shape index (κ1) is 9.48. The Kier molecular flexibility index (Phi) is 2.14. The lowest BCUT2D eigenvalue weighted by atomic mass is 9.95. The number of hydrogen-bond donors (Lipinski definition) is 1. The number of likely N-dealkylation sites (N-methyl/N-ethyl adjacent to an activating group) is 1. The van der Waals surface area contributed by atoms with Gasteiger partial charge in [-0.15, -0.1) is 0 Å². The minimum atomic E-state index is -1.01. The summed E-state index contributed by atoms with van der Waals surface area (Å²) in [5.74, 6) is -1.01. The van der Waals surface area contributed by atoms with Crippen LogP contribution in [0.25, 0.3) is 0 Å². The van der Waals surface area contributed by atoms with Crippen LogP contribution >= 0.6 is 0 Å². The molecule has 4 nitrogen and oxygen atoms in total. The maximum absolute atomic E-state index is 11.0. The molecular formula is C8H16N2O2. The molecule has 1 heterocycles. The van der Waals surface area contributed by atoms with Crippen LogP contribution in [-0.2, 0) is 4.79 Å². The zero-order valence-electron chi connectivity index (χ0n) is 7.67. The fraction of sp³-hybridized carbons (Fsp3) is 0.875. The normalized spacial score (nSPS) is 33.6. The van der Waals surface area contributed by atoms with Gasteiger partial charge in [0.2, 0.25) is 0 Å². The molecule has 1 atom stereocenters. The Hall–Kier alpha value is -0.610. The Labute approximate surface area is 72.6 Å². The van der Waals surface area contributed by atoms with Crippen LogP contribution in [0.4, 0.5) is 0 Å². The highest BCUT2D eigenvalue weighted by molar-refractivity contribution is 5.75. The van der Waals surface area contributed by atoms with Gasteiger partial charge in [-0.3, -0.25) is 0 Å². The molecule has 1 saturated heterocycles. The summed E-state index contributed by atoms with van der Waals surface area (Å²) >= 11 is 0. The summed E-state index contributed by atoms with van der Waals surface area (Å²) in [6.45, 7) is 1.04. The number of carbonyl (C=O) groups excluding carboxylic acids is 1. The van der Waals surface area contributed by atoms with Crippen LogP contribution in [0.15, 0.2) is 0 Å². The second kappa shape index (κ2) is 2.71. The van der Waals surface area contributed by atoms with Gasteiger partial charge in [-0.05, 0) is 0 Å². The topological polar surface area (TPSA) is 66.2 Å². The number of aliphatic carboxylic acids is 1. The molecule has 0 unspecified atom stereocenters. The predicted octanol–water partition coefficient (Wildman–Crippen LogP) is -1.70. The van der Waals surface area contributed by atoms with Gasteiger partial charge in [0, 0.05) is 12.8 Å². The Morgan fingerprint density at radius 2 is 2.25 bits per heavy atom. The molecule has 0 amide bonds. The van der Waals surface area contributed by atoms with E-state index < -0.39 is 11.5 Å². The Bertz CT molecular complexity index is 203. The quantitative estimate of drug-likeness (QED) is 0.505. The summed E-state index contributed by atoms with van der Waals surface area (Å²) in [7, 11) is 3.80. The van der Waals surface area contributed by atoms with Gasteiger partial charge in [0.15, 0.2) is 5.54 Å². The van der Waals surface area contributed by atoms with E-state index in [0.717, 1.165) is 13.0 Å². The van der Waals surface area contributed by atoms with E-state index in [1.54, 1.807) is 0 Å². The van der Waals surface area contributed by atoms with E-state index in [-0.39, 0.29) is 6.54 Å². The van der Waals surface area contributed by atoms with E-state index in [2.05, 4.69) is 0 Å². The van der Waals surface area contributed by atoms with E-state index in [9.17, 15) is 9.90 Å². The average molecular weight is 172 g/mol. The first-order valence-corrected chi connectivity index (χ1v) is 4.21. The van der Waals surface area contributed by atoms with E-state index in [0.29, 0.717) is 10.9 Å². The molecule has 1 aliphatic heterocycles. The molecule has 1 fully saturated rings. The molecule has 0 bridgehead atoms. The molecule has 0 aliphatic carbocycles. The van der Waals surface area contributed by atoms with Crippen LogP contribution in [0.2, 0.25) is 0 Å². The van der Waals surface area contributed by atoms with Gasteiger partial charge in [0.25, 0.3) is 0 Å². The van der Waals surface area contributed by atoms with Gasteiger partial charge in [0.05, 0.1) is 27.2 Å². The summed E-state index contributed by atoms with van der Waals surface area (Å²) in [6.07, 6.45) is 1.55. The number of quaternary nitrogens is 1. The molecule has 12 heavy (non-hydrogen) atoms. The molecule has 1 rings (SSSR count). The lowest BCUT2D eigenvalue weighted by molar-refractivity contribution is -0.919. The van der Waals surface area contributed by atoms with Crippen molar-refractivity contribution < 1.29 is 14.4 Å². The van der Waals surface area contributed by atoms with Crippen LogP contribution in [0.1, 0.15) is 12.8 Å². The largest absolute Gasteiger partial charge is 0.544 e. The summed E-state index contributed by atoms with van der Waals surface area (Å²) in [6, 6.07) is 0. The number of carbonyl (C=O) groups is 1. The van der Waals surface area contributed by atoms with E-state index in [1.807, 2.05) is 14.1 Å². The Morgan fingerprint density at radius 3 is 2.42 bits per heavy atom. The van der Waals surface area contributed by atoms with Crippen molar-refractivity contribution in [2.24, 2.45) is 5.73 Å². The van der Waals surface area contributed by atoms with Crippen LogP contribution in [0.5, 0.6) is 0 Å².